The van der Waals surface area contributed by atoms with Crippen molar-refractivity contribution in [2.75, 3.05) is 26.3 Å². The van der Waals surface area contributed by atoms with Crippen molar-refractivity contribution in [3.05, 3.63) is 42.0 Å². The fourth-order valence-corrected chi connectivity index (χ4v) is 5.62. The molecule has 1 aromatic carbocycles. The standard InChI is InChI=1S/C19H24N2O4S2/c1-3-14(2)20-19(22)16-6-4-5-15(13-16)17-7-8-18(26-17)27(23,24)21-9-11-25-12-10-21/h4-8,13-14H,3,9-12H2,1-2H3,(H,20,22). The number of hydrogen-bond donors (Lipinski definition) is 1. The highest BCUT2D eigenvalue weighted by atomic mass is 32.2. The molecule has 146 valence electrons. The number of sulfonamides is 1. The molecular formula is C19H24N2O4S2. The number of ether oxygens (including phenoxy) is 1. The third-order valence-electron chi connectivity index (χ3n) is 4.54. The maximum atomic E-state index is 12.8. The molecule has 0 radical (unpaired) electrons. The number of thiophene rings is 1. The van der Waals surface area contributed by atoms with Crippen LogP contribution in [0.1, 0.15) is 30.6 Å². The molecule has 1 fully saturated rings. The highest BCUT2D eigenvalue weighted by Gasteiger charge is 2.27. The zero-order chi connectivity index (χ0) is 19.4. The van der Waals surface area contributed by atoms with Gasteiger partial charge in [-0.1, -0.05) is 19.1 Å². The molecule has 1 amide bonds. The zero-order valence-corrected chi connectivity index (χ0v) is 17.1. The summed E-state index contributed by atoms with van der Waals surface area (Å²) in [6.07, 6.45) is 0.860. The molecule has 0 spiro atoms. The van der Waals surface area contributed by atoms with Crippen LogP contribution in [0.3, 0.4) is 0 Å². The highest BCUT2D eigenvalue weighted by Crippen LogP contribution is 2.33. The Bertz CT molecular complexity index is 902. The summed E-state index contributed by atoms with van der Waals surface area (Å²) in [5, 5.41) is 2.95. The molecule has 0 saturated carbocycles. The van der Waals surface area contributed by atoms with Crippen LogP contribution in [0.15, 0.2) is 40.6 Å². The number of carbonyl (C=O) groups excluding carboxylic acids is 1. The number of nitrogens with zero attached hydrogens (tertiary/aromatic N) is 1. The van der Waals surface area contributed by atoms with Gasteiger partial charge in [0.05, 0.1) is 13.2 Å². The molecule has 1 unspecified atom stereocenters. The molecule has 6 nitrogen and oxygen atoms in total. The number of amides is 1. The Hall–Kier alpha value is -1.74. The van der Waals surface area contributed by atoms with Crippen molar-refractivity contribution in [2.45, 2.75) is 30.5 Å². The van der Waals surface area contributed by atoms with Crippen molar-refractivity contribution in [3.8, 4) is 10.4 Å². The summed E-state index contributed by atoms with van der Waals surface area (Å²) >= 11 is 1.22. The van der Waals surface area contributed by atoms with Crippen LogP contribution < -0.4 is 5.32 Å². The van der Waals surface area contributed by atoms with Crippen LogP contribution in [-0.4, -0.2) is 51.0 Å². The summed E-state index contributed by atoms with van der Waals surface area (Å²) in [5.41, 5.74) is 1.40. The smallest absolute Gasteiger partial charge is 0.252 e. The van der Waals surface area contributed by atoms with Crippen molar-refractivity contribution in [3.63, 3.8) is 0 Å². The number of carbonyl (C=O) groups is 1. The summed E-state index contributed by atoms with van der Waals surface area (Å²) < 4.78 is 32.6. The number of morpholine rings is 1. The third kappa shape index (κ3) is 4.57. The predicted octanol–water partition coefficient (Wildman–Crippen LogP) is 2.96. The van der Waals surface area contributed by atoms with E-state index in [0.29, 0.717) is 36.1 Å². The minimum atomic E-state index is -3.50. The number of benzene rings is 1. The van der Waals surface area contributed by atoms with Crippen LogP contribution in [0.25, 0.3) is 10.4 Å². The Morgan fingerprint density at radius 3 is 2.70 bits per heavy atom. The van der Waals surface area contributed by atoms with Gasteiger partial charge in [0.15, 0.2) is 0 Å². The summed E-state index contributed by atoms with van der Waals surface area (Å²) in [7, 11) is -3.50. The molecule has 8 heteroatoms. The maximum Gasteiger partial charge on any atom is 0.252 e. The summed E-state index contributed by atoms with van der Waals surface area (Å²) in [6, 6.07) is 10.8. The lowest BCUT2D eigenvalue weighted by Crippen LogP contribution is -2.40. The molecule has 1 saturated heterocycles. The van der Waals surface area contributed by atoms with E-state index in [0.717, 1.165) is 16.9 Å². The minimum Gasteiger partial charge on any atom is -0.379 e. The van der Waals surface area contributed by atoms with Gasteiger partial charge < -0.3 is 10.1 Å². The molecule has 1 atom stereocenters. The van der Waals surface area contributed by atoms with Crippen LogP contribution >= 0.6 is 11.3 Å². The lowest BCUT2D eigenvalue weighted by Gasteiger charge is -2.25. The first-order chi connectivity index (χ1) is 12.9. The molecule has 1 aliphatic heterocycles. The van der Waals surface area contributed by atoms with Crippen molar-refractivity contribution in [2.24, 2.45) is 0 Å². The zero-order valence-electron chi connectivity index (χ0n) is 15.5. The molecule has 0 aliphatic carbocycles. The monoisotopic (exact) mass is 408 g/mol. The quantitative estimate of drug-likeness (QED) is 0.797. The Morgan fingerprint density at radius 1 is 1.26 bits per heavy atom. The van der Waals surface area contributed by atoms with E-state index >= 15 is 0 Å². The van der Waals surface area contributed by atoms with E-state index in [-0.39, 0.29) is 11.9 Å². The third-order valence-corrected chi connectivity index (χ3v) is 8.05. The SMILES string of the molecule is CCC(C)NC(=O)c1cccc(-c2ccc(S(=O)(=O)N3CCOCC3)s2)c1. The van der Waals surface area contributed by atoms with Gasteiger partial charge in [-0.05, 0) is 43.2 Å². The lowest BCUT2D eigenvalue weighted by atomic mass is 10.1. The van der Waals surface area contributed by atoms with Gasteiger partial charge in [-0.25, -0.2) is 8.42 Å². The van der Waals surface area contributed by atoms with Crippen LogP contribution in [0.2, 0.25) is 0 Å². The molecule has 1 N–H and O–H groups in total. The molecule has 0 bridgehead atoms. The van der Waals surface area contributed by atoms with Gasteiger partial charge in [-0.3, -0.25) is 4.79 Å². The van der Waals surface area contributed by atoms with Crippen molar-refractivity contribution in [1.29, 1.82) is 0 Å². The van der Waals surface area contributed by atoms with Gasteiger partial charge in [0.2, 0.25) is 0 Å². The normalized spacial score (nSPS) is 16.8. The van der Waals surface area contributed by atoms with E-state index < -0.39 is 10.0 Å². The fourth-order valence-electron chi connectivity index (χ4n) is 2.75. The first kappa shape index (κ1) is 20.0. The number of hydrogen-bond acceptors (Lipinski definition) is 5. The molecule has 3 rings (SSSR count). The maximum absolute atomic E-state index is 12.8. The fraction of sp³-hybridized carbons (Fsp3) is 0.421. The molecule has 1 aliphatic rings. The van der Waals surface area contributed by atoms with E-state index in [2.05, 4.69) is 5.32 Å². The highest BCUT2D eigenvalue weighted by molar-refractivity contribution is 7.91. The minimum absolute atomic E-state index is 0.105. The van der Waals surface area contributed by atoms with Crippen LogP contribution in [0.5, 0.6) is 0 Å². The second kappa shape index (κ2) is 8.52. The summed E-state index contributed by atoms with van der Waals surface area (Å²) in [5.74, 6) is -0.121. The van der Waals surface area contributed by atoms with Crippen molar-refractivity contribution in [1.82, 2.24) is 9.62 Å². The average Bonchev–Trinajstić information content (AvgIpc) is 3.20. The predicted molar refractivity (Wildman–Crippen MR) is 107 cm³/mol. The van der Waals surface area contributed by atoms with Gasteiger partial charge in [-0.15, -0.1) is 11.3 Å². The molecule has 2 aromatic rings. The summed E-state index contributed by atoms with van der Waals surface area (Å²) in [6.45, 7) is 5.57. The topological polar surface area (TPSA) is 75.7 Å². The average molecular weight is 409 g/mol. The Morgan fingerprint density at radius 2 is 2.00 bits per heavy atom. The second-order valence-corrected chi connectivity index (χ2v) is 9.75. The molecule has 1 aromatic heterocycles. The van der Waals surface area contributed by atoms with Gasteiger partial charge in [0.1, 0.15) is 4.21 Å². The number of nitrogens with one attached hydrogen (secondary N) is 1. The van der Waals surface area contributed by atoms with Crippen molar-refractivity contribution >= 4 is 27.3 Å². The van der Waals surface area contributed by atoms with E-state index in [1.54, 1.807) is 24.3 Å². The van der Waals surface area contributed by atoms with Crippen molar-refractivity contribution < 1.29 is 17.9 Å². The Balaban J connectivity index is 1.82. The van der Waals surface area contributed by atoms with E-state index in [1.165, 1.54) is 15.6 Å². The van der Waals surface area contributed by atoms with Crippen LogP contribution in [0, 0.1) is 0 Å². The van der Waals surface area contributed by atoms with E-state index in [1.807, 2.05) is 26.0 Å². The van der Waals surface area contributed by atoms with Gasteiger partial charge in [0.25, 0.3) is 15.9 Å². The number of rotatable bonds is 6. The Labute approximate surface area is 164 Å². The lowest BCUT2D eigenvalue weighted by molar-refractivity contribution is 0.0731. The van der Waals surface area contributed by atoms with E-state index in [9.17, 15) is 13.2 Å². The van der Waals surface area contributed by atoms with Crippen LogP contribution in [-0.2, 0) is 14.8 Å². The molecule has 27 heavy (non-hydrogen) atoms. The second-order valence-electron chi connectivity index (χ2n) is 6.50. The summed E-state index contributed by atoms with van der Waals surface area (Å²) in [4.78, 5) is 13.2. The van der Waals surface area contributed by atoms with Gasteiger partial charge >= 0.3 is 0 Å². The van der Waals surface area contributed by atoms with Gasteiger partial charge in [-0.2, -0.15) is 4.31 Å². The van der Waals surface area contributed by atoms with E-state index in [4.69, 9.17) is 4.74 Å². The first-order valence-corrected chi connectivity index (χ1v) is 11.3. The molecular weight excluding hydrogens is 384 g/mol. The Kier molecular flexibility index (Phi) is 6.31. The molecule has 2 heterocycles. The van der Waals surface area contributed by atoms with Crippen LogP contribution in [0.4, 0.5) is 0 Å². The first-order valence-electron chi connectivity index (χ1n) is 9.01. The largest absolute Gasteiger partial charge is 0.379 e. The van der Waals surface area contributed by atoms with Gasteiger partial charge in [0, 0.05) is 29.6 Å².